The van der Waals surface area contributed by atoms with E-state index in [1.807, 2.05) is 42.5 Å². The van der Waals surface area contributed by atoms with Crippen molar-refractivity contribution < 1.29 is 9.53 Å². The number of carbonyl (C=O) groups is 1. The first kappa shape index (κ1) is 22.0. The summed E-state index contributed by atoms with van der Waals surface area (Å²) in [7, 11) is 1.64. The molecule has 0 saturated carbocycles. The van der Waals surface area contributed by atoms with E-state index in [2.05, 4.69) is 66.4 Å². The van der Waals surface area contributed by atoms with Gasteiger partial charge in [-0.3, -0.25) is 4.79 Å². The first-order chi connectivity index (χ1) is 16.6. The number of hydrogen-bond donors (Lipinski definition) is 0. The van der Waals surface area contributed by atoms with Crippen molar-refractivity contribution >= 4 is 5.91 Å². The van der Waals surface area contributed by atoms with Gasteiger partial charge in [-0.05, 0) is 71.3 Å². The van der Waals surface area contributed by atoms with E-state index in [4.69, 9.17) is 4.74 Å². The van der Waals surface area contributed by atoms with Crippen LogP contribution >= 0.6 is 0 Å². The average molecular weight is 448 g/mol. The minimum atomic E-state index is 0.0406. The molecular weight excluding hydrogens is 418 g/mol. The molecule has 0 radical (unpaired) electrons. The van der Waals surface area contributed by atoms with Gasteiger partial charge in [-0.15, -0.1) is 0 Å². The van der Waals surface area contributed by atoms with Crippen molar-refractivity contribution in [3.8, 4) is 16.9 Å². The quantitative estimate of drug-likeness (QED) is 0.339. The van der Waals surface area contributed by atoms with E-state index in [1.165, 1.54) is 22.3 Å². The molecule has 3 nitrogen and oxygen atoms in total. The second kappa shape index (κ2) is 9.56. The topological polar surface area (TPSA) is 29.5 Å². The Morgan fingerprint density at radius 3 is 2.18 bits per heavy atom. The van der Waals surface area contributed by atoms with Crippen LogP contribution in [0.1, 0.15) is 32.6 Å². The molecule has 5 rings (SSSR count). The first-order valence-corrected chi connectivity index (χ1v) is 11.8. The Kier molecular flexibility index (Phi) is 6.18. The Labute approximate surface area is 201 Å². The van der Waals surface area contributed by atoms with Gasteiger partial charge in [0.2, 0.25) is 0 Å². The normalized spacial score (nSPS) is 12.9. The molecule has 0 fully saturated rings. The molecule has 0 aromatic heterocycles. The second-order valence-corrected chi connectivity index (χ2v) is 8.97. The van der Waals surface area contributed by atoms with Gasteiger partial charge >= 0.3 is 0 Å². The fourth-order valence-corrected chi connectivity index (χ4v) is 4.95. The average Bonchev–Trinajstić information content (AvgIpc) is 3.32. The molecular formula is C31H29NO2. The van der Waals surface area contributed by atoms with E-state index in [0.717, 1.165) is 24.0 Å². The van der Waals surface area contributed by atoms with Gasteiger partial charge in [-0.2, -0.15) is 0 Å². The number of ether oxygens (including phenoxy) is 1. The van der Waals surface area contributed by atoms with E-state index in [0.29, 0.717) is 17.9 Å². The summed E-state index contributed by atoms with van der Waals surface area (Å²) in [5, 5.41) is 0. The van der Waals surface area contributed by atoms with Crippen LogP contribution < -0.4 is 4.74 Å². The Balaban J connectivity index is 1.58. The highest BCUT2D eigenvalue weighted by Gasteiger charge is 2.32. The molecule has 3 heteroatoms. The Morgan fingerprint density at radius 1 is 0.853 bits per heavy atom. The molecule has 34 heavy (non-hydrogen) atoms. The van der Waals surface area contributed by atoms with Crippen molar-refractivity contribution in [1.82, 2.24) is 4.90 Å². The van der Waals surface area contributed by atoms with E-state index >= 15 is 0 Å². The summed E-state index contributed by atoms with van der Waals surface area (Å²) in [6, 6.07) is 32.9. The van der Waals surface area contributed by atoms with Crippen molar-refractivity contribution in [3.05, 3.63) is 125 Å². The third-order valence-electron chi connectivity index (χ3n) is 6.87. The van der Waals surface area contributed by atoms with Crippen LogP contribution in [0.15, 0.2) is 97.1 Å². The third-order valence-corrected chi connectivity index (χ3v) is 6.87. The van der Waals surface area contributed by atoms with Crippen LogP contribution in [-0.2, 0) is 19.4 Å². The largest absolute Gasteiger partial charge is 0.497 e. The highest BCUT2D eigenvalue weighted by Crippen LogP contribution is 2.32. The molecule has 0 heterocycles. The summed E-state index contributed by atoms with van der Waals surface area (Å²) in [5.74, 6) is 0.729. The summed E-state index contributed by atoms with van der Waals surface area (Å²) in [6.07, 6.45) is 1.75. The fourth-order valence-electron chi connectivity index (χ4n) is 4.95. The van der Waals surface area contributed by atoms with Crippen molar-refractivity contribution in [2.24, 2.45) is 0 Å². The summed E-state index contributed by atoms with van der Waals surface area (Å²) < 4.78 is 5.52. The summed E-state index contributed by atoms with van der Waals surface area (Å²) in [5.41, 5.74) is 7.68. The lowest BCUT2D eigenvalue weighted by Crippen LogP contribution is -2.40. The van der Waals surface area contributed by atoms with Crippen LogP contribution in [0, 0.1) is 6.92 Å². The predicted molar refractivity (Wildman–Crippen MR) is 137 cm³/mol. The lowest BCUT2D eigenvalue weighted by Gasteiger charge is -2.31. The number of hydrogen-bond acceptors (Lipinski definition) is 2. The van der Waals surface area contributed by atoms with Crippen LogP contribution in [-0.4, -0.2) is 24.0 Å². The molecule has 0 unspecified atom stereocenters. The Morgan fingerprint density at radius 2 is 1.50 bits per heavy atom. The number of aryl methyl sites for hydroxylation is 1. The minimum absolute atomic E-state index is 0.0406. The Hall–Kier alpha value is -3.85. The van der Waals surface area contributed by atoms with Crippen LogP contribution in [0.3, 0.4) is 0 Å². The molecule has 4 aromatic rings. The van der Waals surface area contributed by atoms with Gasteiger partial charge in [0, 0.05) is 12.6 Å². The maximum absolute atomic E-state index is 14.3. The van der Waals surface area contributed by atoms with E-state index in [-0.39, 0.29) is 11.9 Å². The number of amides is 1. The molecule has 0 bridgehead atoms. The van der Waals surface area contributed by atoms with Crippen LogP contribution in [0.25, 0.3) is 11.1 Å². The van der Waals surface area contributed by atoms with Gasteiger partial charge in [0.15, 0.2) is 0 Å². The number of carbonyl (C=O) groups excluding carboxylic acids is 1. The molecule has 1 amide bonds. The van der Waals surface area contributed by atoms with Crippen LogP contribution in [0.2, 0.25) is 0 Å². The molecule has 0 aliphatic heterocycles. The molecule has 0 saturated heterocycles. The van der Waals surface area contributed by atoms with Gasteiger partial charge in [0.1, 0.15) is 5.75 Å². The number of benzene rings is 4. The molecule has 1 aliphatic carbocycles. The van der Waals surface area contributed by atoms with E-state index < -0.39 is 0 Å². The molecule has 0 N–H and O–H groups in total. The summed E-state index contributed by atoms with van der Waals surface area (Å²) >= 11 is 0. The van der Waals surface area contributed by atoms with E-state index in [1.54, 1.807) is 7.11 Å². The van der Waals surface area contributed by atoms with Crippen molar-refractivity contribution in [1.29, 1.82) is 0 Å². The molecule has 170 valence electrons. The van der Waals surface area contributed by atoms with Crippen molar-refractivity contribution in [3.63, 3.8) is 0 Å². The maximum Gasteiger partial charge on any atom is 0.255 e. The predicted octanol–water partition coefficient (Wildman–Crippen LogP) is 6.48. The SMILES string of the molecule is COc1ccc(-c2ccccc2)c(C(=O)N(Cc2ccccc2C)C2Cc3ccccc3C2)c1. The summed E-state index contributed by atoms with van der Waals surface area (Å²) in [6.45, 7) is 2.69. The zero-order valence-electron chi connectivity index (χ0n) is 19.7. The third kappa shape index (κ3) is 4.34. The minimum Gasteiger partial charge on any atom is -0.497 e. The van der Waals surface area contributed by atoms with Gasteiger partial charge in [-0.1, -0.05) is 78.9 Å². The smallest absolute Gasteiger partial charge is 0.255 e. The lowest BCUT2D eigenvalue weighted by molar-refractivity contribution is 0.0668. The van der Waals surface area contributed by atoms with Crippen molar-refractivity contribution in [2.75, 3.05) is 7.11 Å². The zero-order valence-corrected chi connectivity index (χ0v) is 19.7. The second-order valence-electron chi connectivity index (χ2n) is 8.97. The number of methoxy groups -OCH3 is 1. The Bertz CT molecular complexity index is 1290. The highest BCUT2D eigenvalue weighted by atomic mass is 16.5. The number of fused-ring (bicyclic) bond motifs is 1. The number of rotatable bonds is 6. The molecule has 1 aliphatic rings. The van der Waals surface area contributed by atoms with Crippen LogP contribution in [0.4, 0.5) is 0 Å². The monoisotopic (exact) mass is 447 g/mol. The van der Waals surface area contributed by atoms with Gasteiger partial charge in [0.25, 0.3) is 5.91 Å². The van der Waals surface area contributed by atoms with Gasteiger partial charge in [0.05, 0.1) is 12.7 Å². The first-order valence-electron chi connectivity index (χ1n) is 11.8. The number of nitrogens with zero attached hydrogens (tertiary/aromatic N) is 1. The zero-order chi connectivity index (χ0) is 23.5. The lowest BCUT2D eigenvalue weighted by atomic mass is 9.97. The molecule has 0 spiro atoms. The van der Waals surface area contributed by atoms with Crippen LogP contribution in [0.5, 0.6) is 5.75 Å². The van der Waals surface area contributed by atoms with Crippen molar-refractivity contribution in [2.45, 2.75) is 32.4 Å². The maximum atomic E-state index is 14.3. The fraction of sp³-hybridized carbons (Fsp3) is 0.194. The van der Waals surface area contributed by atoms with E-state index in [9.17, 15) is 4.79 Å². The standard InChI is InChI=1S/C31H29NO2/c1-22-10-6-7-15-26(22)21-32(27-18-24-13-8-9-14-25(24)19-27)31(33)30-20-28(34-2)16-17-29(30)23-11-4-3-5-12-23/h3-17,20,27H,18-19,21H2,1-2H3. The summed E-state index contributed by atoms with van der Waals surface area (Å²) in [4.78, 5) is 16.4. The molecule has 4 aromatic carbocycles. The van der Waals surface area contributed by atoms with Gasteiger partial charge in [-0.25, -0.2) is 0 Å². The molecule has 0 atom stereocenters. The van der Waals surface area contributed by atoms with Gasteiger partial charge < -0.3 is 9.64 Å². The highest BCUT2D eigenvalue weighted by molar-refractivity contribution is 6.01.